The Hall–Kier alpha value is 0.300. The monoisotopic (exact) mass is 242 g/mol. The average molecular weight is 242 g/mol. The molecule has 82 valence electrons. The summed E-state index contributed by atoms with van der Waals surface area (Å²) < 4.78 is 43.1. The molecule has 0 bridgehead atoms. The van der Waals surface area contributed by atoms with Crippen LogP contribution in [-0.2, 0) is 27.2 Å². The molecule has 0 aromatic rings. The molecule has 0 amide bonds. The standard InChI is InChI=1S/C6H12O6P2/c7-13(9-1-2-10-13)5-6-14(8)11-3-4-12-14/h1-6H2. The quantitative estimate of drug-likeness (QED) is 0.698. The molecule has 14 heavy (non-hydrogen) atoms. The van der Waals surface area contributed by atoms with E-state index in [2.05, 4.69) is 0 Å². The Balaban J connectivity index is 1.87. The normalized spacial score (nSPS) is 29.4. The number of rotatable bonds is 3. The predicted molar refractivity (Wildman–Crippen MR) is 48.8 cm³/mol. The van der Waals surface area contributed by atoms with Gasteiger partial charge in [0.25, 0.3) is 0 Å². The van der Waals surface area contributed by atoms with E-state index in [-0.39, 0.29) is 12.3 Å². The Morgan fingerprint density at radius 2 is 1.00 bits per heavy atom. The molecule has 0 N–H and O–H groups in total. The van der Waals surface area contributed by atoms with E-state index in [0.717, 1.165) is 0 Å². The zero-order chi connectivity index (χ0) is 10.1. The number of hydrogen-bond donors (Lipinski definition) is 0. The lowest BCUT2D eigenvalue weighted by atomic mass is 10.8. The summed E-state index contributed by atoms with van der Waals surface area (Å²) in [5, 5.41) is 0. The Labute approximate surface area is 81.9 Å². The van der Waals surface area contributed by atoms with Gasteiger partial charge in [-0.25, -0.2) is 0 Å². The van der Waals surface area contributed by atoms with Crippen LogP contribution in [0.4, 0.5) is 0 Å². The minimum Gasteiger partial charge on any atom is -0.306 e. The van der Waals surface area contributed by atoms with Gasteiger partial charge in [-0.05, 0) is 0 Å². The van der Waals surface area contributed by atoms with Crippen LogP contribution in [0.5, 0.6) is 0 Å². The maximum Gasteiger partial charge on any atom is 0.331 e. The van der Waals surface area contributed by atoms with Crippen LogP contribution in [0.2, 0.25) is 0 Å². The summed E-state index contributed by atoms with van der Waals surface area (Å²) in [5.74, 6) is 0. The second-order valence-corrected chi connectivity index (χ2v) is 7.37. The molecule has 0 atom stereocenters. The fraction of sp³-hybridized carbons (Fsp3) is 1.00. The molecule has 0 saturated carbocycles. The minimum absolute atomic E-state index is 0.101. The summed E-state index contributed by atoms with van der Waals surface area (Å²) in [6, 6.07) is 0. The number of hydrogen-bond acceptors (Lipinski definition) is 6. The first-order chi connectivity index (χ1) is 6.62. The lowest BCUT2D eigenvalue weighted by Crippen LogP contribution is -1.98. The maximum atomic E-state index is 11.6. The highest BCUT2D eigenvalue weighted by Crippen LogP contribution is 2.58. The van der Waals surface area contributed by atoms with Crippen LogP contribution in [0.15, 0.2) is 0 Å². The van der Waals surface area contributed by atoms with Crippen molar-refractivity contribution in [2.24, 2.45) is 0 Å². The van der Waals surface area contributed by atoms with Gasteiger partial charge in [-0.1, -0.05) is 0 Å². The molecular formula is C6H12O6P2. The van der Waals surface area contributed by atoms with E-state index in [0.29, 0.717) is 26.4 Å². The van der Waals surface area contributed by atoms with Gasteiger partial charge in [0, 0.05) is 0 Å². The van der Waals surface area contributed by atoms with E-state index >= 15 is 0 Å². The molecule has 2 saturated heterocycles. The van der Waals surface area contributed by atoms with Crippen LogP contribution in [0.3, 0.4) is 0 Å². The molecule has 0 unspecified atom stereocenters. The lowest BCUT2D eigenvalue weighted by Gasteiger charge is -2.12. The van der Waals surface area contributed by atoms with Crippen LogP contribution in [0, 0.1) is 0 Å². The van der Waals surface area contributed by atoms with Crippen molar-refractivity contribution in [3.63, 3.8) is 0 Å². The van der Waals surface area contributed by atoms with Gasteiger partial charge in [0.2, 0.25) is 0 Å². The van der Waals surface area contributed by atoms with Gasteiger partial charge < -0.3 is 18.1 Å². The van der Waals surface area contributed by atoms with Crippen LogP contribution >= 0.6 is 15.2 Å². The van der Waals surface area contributed by atoms with Gasteiger partial charge in [0.15, 0.2) is 0 Å². The molecular weight excluding hydrogens is 230 g/mol. The molecule has 0 aromatic heterocycles. The SMILES string of the molecule is O=P1(CCP2(=O)OCCO2)OCCO1. The highest BCUT2D eigenvalue weighted by molar-refractivity contribution is 7.58. The smallest absolute Gasteiger partial charge is 0.306 e. The van der Waals surface area contributed by atoms with E-state index in [9.17, 15) is 9.13 Å². The van der Waals surface area contributed by atoms with Crippen LogP contribution in [0.1, 0.15) is 0 Å². The van der Waals surface area contributed by atoms with Crippen molar-refractivity contribution in [1.82, 2.24) is 0 Å². The third-order valence-corrected chi connectivity index (χ3v) is 6.17. The second-order valence-electron chi connectivity index (χ2n) is 3.00. The Morgan fingerprint density at radius 1 is 0.714 bits per heavy atom. The highest BCUT2D eigenvalue weighted by atomic mass is 31.2. The molecule has 0 aromatic carbocycles. The Bertz CT molecular complexity index is 253. The molecule has 0 radical (unpaired) electrons. The van der Waals surface area contributed by atoms with Crippen LogP contribution < -0.4 is 0 Å². The van der Waals surface area contributed by atoms with E-state index in [1.807, 2.05) is 0 Å². The zero-order valence-corrected chi connectivity index (χ0v) is 9.38. The van der Waals surface area contributed by atoms with E-state index in [1.54, 1.807) is 0 Å². The largest absolute Gasteiger partial charge is 0.331 e. The first kappa shape index (κ1) is 10.8. The molecule has 2 fully saturated rings. The van der Waals surface area contributed by atoms with Gasteiger partial charge in [0.1, 0.15) is 0 Å². The Kier molecular flexibility index (Phi) is 3.12. The van der Waals surface area contributed by atoms with Crippen molar-refractivity contribution in [3.8, 4) is 0 Å². The molecule has 2 aliphatic heterocycles. The van der Waals surface area contributed by atoms with Gasteiger partial charge >= 0.3 is 15.2 Å². The van der Waals surface area contributed by atoms with Crippen molar-refractivity contribution < 1.29 is 27.2 Å². The summed E-state index contributed by atoms with van der Waals surface area (Å²) in [7, 11) is -5.99. The molecule has 8 heteroatoms. The van der Waals surface area contributed by atoms with Gasteiger partial charge in [-0.2, -0.15) is 0 Å². The van der Waals surface area contributed by atoms with Crippen LogP contribution in [-0.4, -0.2) is 38.8 Å². The van der Waals surface area contributed by atoms with Crippen LogP contribution in [0.25, 0.3) is 0 Å². The van der Waals surface area contributed by atoms with Crippen molar-refractivity contribution in [1.29, 1.82) is 0 Å². The van der Waals surface area contributed by atoms with Crippen molar-refractivity contribution >= 4 is 15.2 Å². The maximum absolute atomic E-state index is 11.6. The summed E-state index contributed by atoms with van der Waals surface area (Å²) >= 11 is 0. The second kappa shape index (κ2) is 4.05. The van der Waals surface area contributed by atoms with Gasteiger partial charge in [-0.15, -0.1) is 0 Å². The molecule has 0 spiro atoms. The first-order valence-corrected chi connectivity index (χ1v) is 7.84. The van der Waals surface area contributed by atoms with E-state index in [1.165, 1.54) is 0 Å². The molecule has 2 heterocycles. The molecule has 0 aliphatic carbocycles. The van der Waals surface area contributed by atoms with Crippen molar-refractivity contribution in [3.05, 3.63) is 0 Å². The summed E-state index contributed by atoms with van der Waals surface area (Å²) in [5.41, 5.74) is 0. The van der Waals surface area contributed by atoms with Gasteiger partial charge in [0.05, 0.1) is 38.8 Å². The Morgan fingerprint density at radius 3 is 1.29 bits per heavy atom. The van der Waals surface area contributed by atoms with Gasteiger partial charge in [-0.3, -0.25) is 9.13 Å². The van der Waals surface area contributed by atoms with Crippen molar-refractivity contribution in [2.45, 2.75) is 0 Å². The van der Waals surface area contributed by atoms with E-state index in [4.69, 9.17) is 18.1 Å². The fourth-order valence-corrected chi connectivity index (χ4v) is 5.32. The molecule has 2 rings (SSSR count). The minimum atomic E-state index is -3.00. The third kappa shape index (κ3) is 2.45. The fourth-order valence-electron chi connectivity index (χ4n) is 1.28. The lowest BCUT2D eigenvalue weighted by molar-refractivity contribution is 0.340. The average Bonchev–Trinajstić information content (AvgIpc) is 2.74. The molecule has 6 nitrogen and oxygen atoms in total. The topological polar surface area (TPSA) is 71.1 Å². The summed E-state index contributed by atoms with van der Waals surface area (Å²) in [4.78, 5) is 0. The third-order valence-electron chi connectivity index (χ3n) is 1.97. The zero-order valence-electron chi connectivity index (χ0n) is 7.59. The molecule has 2 aliphatic rings. The summed E-state index contributed by atoms with van der Waals surface area (Å²) in [6.07, 6.45) is 0.203. The van der Waals surface area contributed by atoms with E-state index < -0.39 is 15.2 Å². The predicted octanol–water partition coefficient (Wildman–Crippen LogP) is 1.47. The summed E-state index contributed by atoms with van der Waals surface area (Å²) in [6.45, 7) is 1.35. The first-order valence-electron chi connectivity index (χ1n) is 4.38. The highest BCUT2D eigenvalue weighted by Gasteiger charge is 2.37. The van der Waals surface area contributed by atoms with Crippen molar-refractivity contribution in [2.75, 3.05) is 38.8 Å².